The number of ether oxygens (including phenoxy) is 1. The summed E-state index contributed by atoms with van der Waals surface area (Å²) in [5, 5.41) is 11.7. The van der Waals surface area contributed by atoms with E-state index in [4.69, 9.17) is 15.0 Å². The maximum Gasteiger partial charge on any atom is 0.408 e. The molecule has 0 aliphatic rings. The fourth-order valence-corrected chi connectivity index (χ4v) is 4.83. The maximum atomic E-state index is 13.2. The summed E-state index contributed by atoms with van der Waals surface area (Å²) in [6.07, 6.45) is 1.22. The highest BCUT2D eigenvalue weighted by Crippen LogP contribution is 2.16. The summed E-state index contributed by atoms with van der Waals surface area (Å²) >= 11 is 0. The maximum absolute atomic E-state index is 13.2. The molecule has 0 bridgehead atoms. The Morgan fingerprint density at radius 2 is 1.56 bits per heavy atom. The van der Waals surface area contributed by atoms with Gasteiger partial charge in [0, 0.05) is 12.1 Å². The molecule has 10 heteroatoms. The van der Waals surface area contributed by atoms with Crippen molar-refractivity contribution in [3.8, 4) is 0 Å². The molecule has 0 radical (unpaired) electrons. The van der Waals surface area contributed by atoms with Gasteiger partial charge in [-0.05, 0) is 71.5 Å². The molecule has 10 nitrogen and oxygen atoms in total. The number of nitrogens with two attached hydrogens (primary N) is 1. The van der Waals surface area contributed by atoms with Crippen molar-refractivity contribution >= 4 is 28.6 Å². The molecule has 45 heavy (non-hydrogen) atoms. The minimum Gasteiger partial charge on any atom is -0.445 e. The van der Waals surface area contributed by atoms with Crippen molar-refractivity contribution < 1.29 is 23.6 Å². The Morgan fingerprint density at radius 1 is 0.822 bits per heavy atom. The van der Waals surface area contributed by atoms with Crippen molar-refractivity contribution in [1.82, 2.24) is 20.8 Å². The van der Waals surface area contributed by atoms with E-state index in [0.717, 1.165) is 27.5 Å². The fourth-order valence-electron chi connectivity index (χ4n) is 4.83. The molecule has 0 aliphatic heterocycles. The van der Waals surface area contributed by atoms with Crippen LogP contribution in [-0.2, 0) is 24.3 Å². The van der Waals surface area contributed by atoms with E-state index in [9.17, 15) is 14.4 Å². The van der Waals surface area contributed by atoms with E-state index in [2.05, 4.69) is 32.9 Å². The first-order valence-corrected chi connectivity index (χ1v) is 14.9. The van der Waals surface area contributed by atoms with Crippen LogP contribution in [-0.4, -0.2) is 40.5 Å². The Balaban J connectivity index is 1.15. The molecule has 1 aromatic heterocycles. The SMILES string of the molecule is NCCCCC(NC(=O)OCc1ccccc1)C(=O)c1noc(Cc2ccc(C(=O)NCc3ccc4ccccc4c3)cc2)n1. The molecule has 1 atom stereocenters. The fraction of sp³-hybridized carbons (Fsp3) is 0.229. The molecule has 0 saturated heterocycles. The average Bonchev–Trinajstić information content (AvgIpc) is 3.54. The van der Waals surface area contributed by atoms with Gasteiger partial charge in [-0.1, -0.05) is 84.0 Å². The summed E-state index contributed by atoms with van der Waals surface area (Å²) in [4.78, 5) is 42.7. The third kappa shape index (κ3) is 8.84. The third-order valence-electron chi connectivity index (χ3n) is 7.30. The number of carbonyl (C=O) groups is 3. The number of hydrogen-bond donors (Lipinski definition) is 3. The molecule has 0 saturated carbocycles. The number of benzene rings is 4. The summed E-state index contributed by atoms with van der Waals surface area (Å²) in [5.74, 6) is -0.553. The lowest BCUT2D eigenvalue weighted by Gasteiger charge is -2.16. The van der Waals surface area contributed by atoms with Crippen molar-refractivity contribution in [1.29, 1.82) is 0 Å². The van der Waals surface area contributed by atoms with Crippen LogP contribution in [0, 0.1) is 0 Å². The molecule has 1 unspecified atom stereocenters. The summed E-state index contributed by atoms with van der Waals surface area (Å²) < 4.78 is 10.6. The van der Waals surface area contributed by atoms with Gasteiger partial charge in [0.1, 0.15) is 6.61 Å². The van der Waals surface area contributed by atoms with Crippen molar-refractivity contribution in [2.75, 3.05) is 6.54 Å². The second-order valence-electron chi connectivity index (χ2n) is 10.7. The van der Waals surface area contributed by atoms with E-state index >= 15 is 0 Å². The van der Waals surface area contributed by atoms with E-state index in [1.807, 2.05) is 60.7 Å². The normalized spacial score (nSPS) is 11.6. The third-order valence-corrected chi connectivity index (χ3v) is 7.30. The first-order valence-electron chi connectivity index (χ1n) is 14.9. The van der Waals surface area contributed by atoms with Gasteiger partial charge in [0.2, 0.25) is 17.5 Å². The smallest absolute Gasteiger partial charge is 0.408 e. The number of unbranched alkanes of at least 4 members (excludes halogenated alkanes) is 1. The number of aromatic nitrogens is 2. The number of nitrogens with zero attached hydrogens (tertiary/aromatic N) is 2. The van der Waals surface area contributed by atoms with Crippen LogP contribution < -0.4 is 16.4 Å². The predicted molar refractivity (Wildman–Crippen MR) is 169 cm³/mol. The van der Waals surface area contributed by atoms with Gasteiger partial charge in [-0.25, -0.2) is 4.79 Å². The molecule has 4 N–H and O–H groups in total. The quantitative estimate of drug-likeness (QED) is 0.113. The topological polar surface area (TPSA) is 149 Å². The number of carbonyl (C=O) groups excluding carboxylic acids is 3. The van der Waals surface area contributed by atoms with Crippen molar-refractivity contribution in [2.45, 2.75) is 44.9 Å². The van der Waals surface area contributed by atoms with Gasteiger partial charge in [-0.3, -0.25) is 9.59 Å². The largest absolute Gasteiger partial charge is 0.445 e. The zero-order chi connectivity index (χ0) is 31.4. The first-order chi connectivity index (χ1) is 22.0. The Hall–Kier alpha value is -5.35. The van der Waals surface area contributed by atoms with Crippen LogP contribution in [0.2, 0.25) is 0 Å². The Labute approximate surface area is 261 Å². The summed E-state index contributed by atoms with van der Waals surface area (Å²) in [6.45, 7) is 0.960. The van der Waals surface area contributed by atoms with E-state index in [1.54, 1.807) is 24.3 Å². The van der Waals surface area contributed by atoms with Crippen LogP contribution in [0.1, 0.15) is 62.8 Å². The summed E-state index contributed by atoms with van der Waals surface area (Å²) in [5.41, 5.74) is 8.80. The van der Waals surface area contributed by atoms with Crippen molar-refractivity contribution in [2.24, 2.45) is 5.73 Å². The van der Waals surface area contributed by atoms with Crippen molar-refractivity contribution in [3.63, 3.8) is 0 Å². The zero-order valence-corrected chi connectivity index (χ0v) is 24.8. The van der Waals surface area contributed by atoms with Gasteiger partial charge in [0.05, 0.1) is 12.5 Å². The minimum atomic E-state index is -0.891. The molecule has 230 valence electrons. The second-order valence-corrected chi connectivity index (χ2v) is 10.7. The number of hydrogen-bond acceptors (Lipinski definition) is 8. The Bertz CT molecular complexity index is 1740. The van der Waals surface area contributed by atoms with Crippen LogP contribution in [0.4, 0.5) is 4.79 Å². The van der Waals surface area contributed by atoms with Crippen LogP contribution in [0.25, 0.3) is 10.8 Å². The van der Waals surface area contributed by atoms with E-state index in [1.165, 1.54) is 0 Å². The Morgan fingerprint density at radius 3 is 2.33 bits per heavy atom. The van der Waals surface area contributed by atoms with Crippen LogP contribution >= 0.6 is 0 Å². The molecule has 2 amide bonds. The summed E-state index contributed by atoms with van der Waals surface area (Å²) in [7, 11) is 0. The molecule has 5 rings (SSSR count). The number of ketones is 1. The second kappa shape index (κ2) is 15.4. The lowest BCUT2D eigenvalue weighted by molar-refractivity contribution is 0.0896. The standard InChI is InChI=1S/C35H35N5O5/c36-19-7-6-12-30(38-35(43)44-23-25-8-2-1-3-9-25)32(41)33-39-31(45-40-33)21-24-13-17-28(18-14-24)34(42)37-22-26-15-16-27-10-4-5-11-29(27)20-26/h1-5,8-11,13-18,20,30H,6-7,12,19,21-23,36H2,(H,37,42)(H,38,43). The van der Waals surface area contributed by atoms with Crippen LogP contribution in [0.3, 0.4) is 0 Å². The highest BCUT2D eigenvalue weighted by atomic mass is 16.5. The van der Waals surface area contributed by atoms with E-state index in [-0.39, 0.29) is 30.7 Å². The molecule has 0 spiro atoms. The van der Waals surface area contributed by atoms with Gasteiger partial charge in [-0.2, -0.15) is 4.98 Å². The van der Waals surface area contributed by atoms with Gasteiger partial charge in [-0.15, -0.1) is 0 Å². The van der Waals surface area contributed by atoms with E-state index in [0.29, 0.717) is 37.9 Å². The molecular formula is C35H35N5O5. The van der Waals surface area contributed by atoms with Gasteiger partial charge >= 0.3 is 6.09 Å². The van der Waals surface area contributed by atoms with Gasteiger partial charge in [0.15, 0.2) is 0 Å². The number of rotatable bonds is 14. The lowest BCUT2D eigenvalue weighted by Crippen LogP contribution is -2.41. The zero-order valence-electron chi connectivity index (χ0n) is 24.8. The first kappa shape index (κ1) is 31.1. The molecule has 0 aliphatic carbocycles. The average molecular weight is 606 g/mol. The summed E-state index contributed by atoms with van der Waals surface area (Å²) in [6, 6.07) is 29.6. The Kier molecular flexibility index (Phi) is 10.6. The monoisotopic (exact) mass is 605 g/mol. The number of amides is 2. The molecular weight excluding hydrogens is 570 g/mol. The van der Waals surface area contributed by atoms with Crippen LogP contribution in [0.5, 0.6) is 0 Å². The molecule has 1 heterocycles. The highest BCUT2D eigenvalue weighted by molar-refractivity contribution is 5.98. The van der Waals surface area contributed by atoms with E-state index < -0.39 is 17.9 Å². The predicted octanol–water partition coefficient (Wildman–Crippen LogP) is 5.35. The number of Topliss-reactive ketones (excluding diaryl/α,β-unsaturated/α-hetero) is 1. The lowest BCUT2D eigenvalue weighted by atomic mass is 10.0. The number of alkyl carbamates (subject to hydrolysis) is 1. The number of fused-ring (bicyclic) bond motifs is 1. The van der Waals surface area contributed by atoms with Gasteiger partial charge < -0.3 is 25.6 Å². The van der Waals surface area contributed by atoms with Gasteiger partial charge in [0.25, 0.3) is 5.91 Å². The molecule has 0 fully saturated rings. The number of nitrogens with one attached hydrogen (secondary N) is 2. The minimum absolute atomic E-state index is 0.0770. The van der Waals surface area contributed by atoms with Crippen molar-refractivity contribution in [3.05, 3.63) is 131 Å². The highest BCUT2D eigenvalue weighted by Gasteiger charge is 2.27. The molecule has 4 aromatic carbocycles. The molecule has 5 aromatic rings. The van der Waals surface area contributed by atoms with Crippen LogP contribution in [0.15, 0.2) is 102 Å².